The fraction of sp³-hybridized carbons (Fsp3) is 0.111. The largest absolute Gasteiger partial charge is 2.00 e. The van der Waals surface area contributed by atoms with E-state index in [2.05, 4.69) is 30.4 Å². The Morgan fingerprint density at radius 1 is 0.767 bits per heavy atom. The van der Waals surface area contributed by atoms with E-state index in [0.717, 1.165) is 23.1 Å². The summed E-state index contributed by atoms with van der Waals surface area (Å²) < 4.78 is 36.6. The van der Waals surface area contributed by atoms with E-state index in [4.69, 9.17) is 0 Å². The molecule has 0 aliphatic carbocycles. The number of hydrogen-bond acceptors (Lipinski definition) is 4. The molecule has 0 aliphatic heterocycles. The van der Waals surface area contributed by atoms with E-state index in [-0.39, 0.29) is 59.0 Å². The molecular formula is C18H13Co2F3N6Os. The van der Waals surface area contributed by atoms with Crippen LogP contribution in [0.25, 0.3) is 22.8 Å². The Labute approximate surface area is 204 Å². The Bertz CT molecular complexity index is 994. The molecule has 0 fully saturated rings. The van der Waals surface area contributed by atoms with Crippen molar-refractivity contribution in [1.29, 1.82) is 0 Å². The Morgan fingerprint density at radius 2 is 1.27 bits per heavy atom. The number of nitrogens with zero attached hydrogens (tertiary/aromatic N) is 6. The molecule has 12 heteroatoms. The van der Waals surface area contributed by atoms with Gasteiger partial charge in [-0.1, -0.05) is 29.6 Å². The summed E-state index contributed by atoms with van der Waals surface area (Å²) in [7, 11) is 0. The third-order valence-corrected chi connectivity index (χ3v) is 3.35. The quantitative estimate of drug-likeness (QED) is 0.323. The standard InChI is InChI=1S/C9H5F3N3.C9H8N3.2Co.Os/c10-9(11,12)8-5-7(14-15-8)6-3-1-2-4-13-6;1-7-6-9(12-11-7)8-4-2-3-5-10-8;;;/h1-5H;2-6H,1H3;;;/q2*-1;;;+2. The van der Waals surface area contributed by atoms with Crippen LogP contribution in [0.4, 0.5) is 13.2 Å². The molecule has 4 rings (SSSR count). The van der Waals surface area contributed by atoms with Crippen molar-refractivity contribution < 1.29 is 66.5 Å². The molecule has 0 aromatic carbocycles. The summed E-state index contributed by atoms with van der Waals surface area (Å²) in [6.45, 7) is 1.92. The molecule has 162 valence electrons. The van der Waals surface area contributed by atoms with Crippen molar-refractivity contribution in [3.8, 4) is 22.8 Å². The van der Waals surface area contributed by atoms with Gasteiger partial charge < -0.3 is 20.4 Å². The second kappa shape index (κ2) is 12.8. The fourth-order valence-corrected chi connectivity index (χ4v) is 2.10. The summed E-state index contributed by atoms with van der Waals surface area (Å²) in [4.78, 5) is 8.03. The van der Waals surface area contributed by atoms with Gasteiger partial charge in [0.05, 0.1) is 0 Å². The molecule has 0 bridgehead atoms. The Balaban J connectivity index is 0.000000519. The fourth-order valence-electron chi connectivity index (χ4n) is 2.10. The van der Waals surface area contributed by atoms with E-state index in [9.17, 15) is 13.2 Å². The summed E-state index contributed by atoms with van der Waals surface area (Å²) in [6, 6.07) is 13.5. The van der Waals surface area contributed by atoms with Crippen molar-refractivity contribution in [2.45, 2.75) is 13.1 Å². The summed E-state index contributed by atoms with van der Waals surface area (Å²) in [6.07, 6.45) is -1.23. The Morgan fingerprint density at radius 3 is 1.63 bits per heavy atom. The third-order valence-electron chi connectivity index (χ3n) is 3.35. The predicted octanol–water partition coefficient (Wildman–Crippen LogP) is 3.52. The molecule has 4 aromatic heterocycles. The molecule has 0 N–H and O–H groups in total. The molecule has 2 radical (unpaired) electrons. The van der Waals surface area contributed by atoms with Gasteiger partial charge in [0.1, 0.15) is 5.69 Å². The molecule has 4 heterocycles. The molecule has 4 aromatic rings. The van der Waals surface area contributed by atoms with Gasteiger partial charge >= 0.3 is 26.0 Å². The number of hydrogen-bond donors (Lipinski definition) is 0. The van der Waals surface area contributed by atoms with Crippen molar-refractivity contribution in [3.05, 3.63) is 72.3 Å². The van der Waals surface area contributed by atoms with Gasteiger partial charge in [0.2, 0.25) is 0 Å². The van der Waals surface area contributed by atoms with Gasteiger partial charge in [-0.2, -0.15) is 13.2 Å². The third kappa shape index (κ3) is 7.77. The first kappa shape index (κ1) is 28.2. The first-order chi connectivity index (χ1) is 12.9. The van der Waals surface area contributed by atoms with Crippen LogP contribution in [0.3, 0.4) is 0 Å². The number of pyridine rings is 2. The topological polar surface area (TPSA) is 79.8 Å². The smallest absolute Gasteiger partial charge is 0.574 e. The van der Waals surface area contributed by atoms with Gasteiger partial charge in [-0.05, 0) is 37.3 Å². The van der Waals surface area contributed by atoms with E-state index in [1.807, 2.05) is 31.2 Å². The molecule has 0 spiro atoms. The molecule has 0 saturated heterocycles. The van der Waals surface area contributed by atoms with Gasteiger partial charge in [-0.3, -0.25) is 9.97 Å². The molecule has 0 atom stereocenters. The van der Waals surface area contributed by atoms with Crippen LogP contribution in [-0.4, -0.2) is 20.2 Å². The van der Waals surface area contributed by atoms with E-state index in [1.54, 1.807) is 24.4 Å². The maximum atomic E-state index is 12.2. The maximum absolute atomic E-state index is 12.2. The van der Waals surface area contributed by atoms with Crippen LogP contribution in [0, 0.1) is 6.92 Å². The van der Waals surface area contributed by atoms with Gasteiger partial charge in [-0.25, -0.2) is 0 Å². The van der Waals surface area contributed by atoms with Gasteiger partial charge in [0, 0.05) is 63.0 Å². The van der Waals surface area contributed by atoms with E-state index >= 15 is 0 Å². The van der Waals surface area contributed by atoms with Crippen LogP contribution >= 0.6 is 0 Å². The summed E-state index contributed by atoms with van der Waals surface area (Å²) in [5, 5.41) is 14.3. The normalized spacial score (nSPS) is 9.87. The van der Waals surface area contributed by atoms with Gasteiger partial charge in [-0.15, -0.1) is 0 Å². The molecule has 0 saturated carbocycles. The number of rotatable bonds is 2. The van der Waals surface area contributed by atoms with Gasteiger partial charge in [0.15, 0.2) is 0 Å². The minimum atomic E-state index is -4.46. The van der Waals surface area contributed by atoms with Crippen molar-refractivity contribution in [2.24, 2.45) is 0 Å². The average molecular weight is 678 g/mol. The SMILES string of the molecule is Cc1cc(-c2ccccn2)[n-]n1.FC(F)(F)c1cc(-c2ccccn2)[n-]n1.[Co].[Co].[Os+2]. The van der Waals surface area contributed by atoms with Crippen LogP contribution in [0.5, 0.6) is 0 Å². The zero-order chi connectivity index (χ0) is 19.3. The monoisotopic (exact) mass is 680 g/mol. The van der Waals surface area contributed by atoms with Crippen molar-refractivity contribution in [1.82, 2.24) is 30.4 Å². The maximum Gasteiger partial charge on any atom is 2.00 e. The zero-order valence-electron chi connectivity index (χ0n) is 15.1. The zero-order valence-corrected chi connectivity index (χ0v) is 19.7. The number of alkyl halides is 3. The van der Waals surface area contributed by atoms with Gasteiger partial charge in [0.25, 0.3) is 0 Å². The van der Waals surface area contributed by atoms with Crippen molar-refractivity contribution in [2.75, 3.05) is 0 Å². The number of aromatic nitrogens is 6. The second-order valence-electron chi connectivity index (χ2n) is 5.41. The predicted molar refractivity (Wildman–Crippen MR) is 91.3 cm³/mol. The van der Waals surface area contributed by atoms with E-state index in [0.29, 0.717) is 5.69 Å². The van der Waals surface area contributed by atoms with Crippen molar-refractivity contribution >= 4 is 0 Å². The van der Waals surface area contributed by atoms with Crippen LogP contribution in [0.2, 0.25) is 0 Å². The minimum Gasteiger partial charge on any atom is -0.574 e. The second-order valence-corrected chi connectivity index (χ2v) is 5.41. The molecule has 30 heavy (non-hydrogen) atoms. The molecule has 0 aliphatic rings. The Hall–Kier alpha value is -1.84. The van der Waals surface area contributed by atoms with Crippen LogP contribution in [0.1, 0.15) is 11.4 Å². The number of aryl methyl sites for hydroxylation is 1. The average Bonchev–Trinajstić information content (AvgIpc) is 3.33. The summed E-state index contributed by atoms with van der Waals surface area (Å²) >= 11 is 0. The van der Waals surface area contributed by atoms with Crippen molar-refractivity contribution in [3.63, 3.8) is 0 Å². The first-order valence-corrected chi connectivity index (χ1v) is 7.81. The minimum absolute atomic E-state index is 0. The number of halogens is 3. The molecule has 0 unspecified atom stereocenters. The van der Waals surface area contributed by atoms with E-state index < -0.39 is 11.9 Å². The molecule has 0 amide bonds. The van der Waals surface area contributed by atoms with Crippen LogP contribution in [-0.2, 0) is 59.5 Å². The first-order valence-electron chi connectivity index (χ1n) is 7.81. The molecular weight excluding hydrogens is 665 g/mol. The van der Waals surface area contributed by atoms with Crippen LogP contribution < -0.4 is 10.2 Å². The summed E-state index contributed by atoms with van der Waals surface area (Å²) in [5.41, 5.74) is 2.15. The van der Waals surface area contributed by atoms with E-state index in [1.165, 1.54) is 6.20 Å². The summed E-state index contributed by atoms with van der Waals surface area (Å²) in [5.74, 6) is 0. The molecule has 6 nitrogen and oxygen atoms in total. The Kier molecular flexibility index (Phi) is 12.0. The van der Waals surface area contributed by atoms with Crippen LogP contribution in [0.15, 0.2) is 60.9 Å².